The van der Waals surface area contributed by atoms with Crippen molar-refractivity contribution < 1.29 is 0 Å². The fraction of sp³-hybridized carbons (Fsp3) is 0.967. The molecule has 0 aliphatic rings. The van der Waals surface area contributed by atoms with Gasteiger partial charge in [0.2, 0.25) is 0 Å². The van der Waals surface area contributed by atoms with Crippen molar-refractivity contribution in [3.05, 3.63) is 6.92 Å². The molecule has 0 rings (SSSR count). The van der Waals surface area contributed by atoms with Crippen LogP contribution in [0.3, 0.4) is 0 Å². The highest BCUT2D eigenvalue weighted by Crippen LogP contribution is 2.16. The first-order valence-corrected chi connectivity index (χ1v) is 14.6. The van der Waals surface area contributed by atoms with E-state index < -0.39 is 0 Å². The second-order valence-corrected chi connectivity index (χ2v) is 9.98. The maximum absolute atomic E-state index is 5.53. The van der Waals surface area contributed by atoms with Crippen LogP contribution in [0.2, 0.25) is 0 Å². The van der Waals surface area contributed by atoms with Crippen LogP contribution in [0.15, 0.2) is 0 Å². The molecule has 0 atom stereocenters. The van der Waals surface area contributed by atoms with Gasteiger partial charge in [0.15, 0.2) is 0 Å². The summed E-state index contributed by atoms with van der Waals surface area (Å²) in [4.78, 5) is 0. The van der Waals surface area contributed by atoms with Crippen molar-refractivity contribution in [2.24, 2.45) is 0 Å². The molecule has 0 heterocycles. The Morgan fingerprint density at radius 2 is 0.433 bits per heavy atom. The van der Waals surface area contributed by atoms with Gasteiger partial charge < -0.3 is 0 Å². The maximum atomic E-state index is 5.53. The van der Waals surface area contributed by atoms with Gasteiger partial charge in [0.1, 0.15) is 0 Å². The lowest BCUT2D eigenvalue weighted by Gasteiger charge is -2.04. The van der Waals surface area contributed by atoms with E-state index in [2.05, 4.69) is 6.92 Å². The first-order valence-electron chi connectivity index (χ1n) is 14.6. The molecular formula is C30H60. The lowest BCUT2D eigenvalue weighted by Crippen LogP contribution is -1.84. The van der Waals surface area contributed by atoms with Crippen LogP contribution < -0.4 is 0 Å². The second kappa shape index (κ2) is 29.0. The average Bonchev–Trinajstić information content (AvgIpc) is 2.76. The third-order valence-electron chi connectivity index (χ3n) is 6.81. The first kappa shape index (κ1) is 30.0. The van der Waals surface area contributed by atoms with Gasteiger partial charge in [-0.3, -0.25) is 0 Å². The van der Waals surface area contributed by atoms with E-state index in [9.17, 15) is 0 Å². The first-order chi connectivity index (χ1) is 14.9. The van der Waals surface area contributed by atoms with E-state index in [1.54, 1.807) is 0 Å². The predicted molar refractivity (Wildman–Crippen MR) is 139 cm³/mol. The zero-order chi connectivity index (χ0) is 21.8. The zero-order valence-electron chi connectivity index (χ0n) is 21.4. The van der Waals surface area contributed by atoms with Crippen LogP contribution in [0.25, 0.3) is 0 Å². The lowest BCUT2D eigenvalue weighted by molar-refractivity contribution is 0.515. The van der Waals surface area contributed by atoms with Crippen LogP contribution in [0.4, 0.5) is 0 Å². The van der Waals surface area contributed by atoms with Crippen molar-refractivity contribution in [2.45, 2.75) is 187 Å². The fourth-order valence-corrected chi connectivity index (χ4v) is 4.64. The summed E-state index contributed by atoms with van der Waals surface area (Å²) in [6.07, 6.45) is 40.2. The third-order valence-corrected chi connectivity index (χ3v) is 6.81. The van der Waals surface area contributed by atoms with Crippen LogP contribution in [0.1, 0.15) is 187 Å². The van der Waals surface area contributed by atoms with Gasteiger partial charge in [0.25, 0.3) is 0 Å². The molecule has 180 valence electrons. The summed E-state index contributed by atoms with van der Waals surface area (Å²) in [5.41, 5.74) is 0. The maximum Gasteiger partial charge on any atom is -0.0352 e. The standard InChI is InChI=1S/C30H60/c1-3-5-7-9-11-13-15-17-19-21-23-25-27-29-30-28-26-24-22-20-18-16-14-12-10-8-6-4-2/h1H,3-30H2,2H3. The van der Waals surface area contributed by atoms with Crippen LogP contribution in [0, 0.1) is 6.92 Å². The Balaban J connectivity index is 2.97. The van der Waals surface area contributed by atoms with Gasteiger partial charge >= 0.3 is 0 Å². The second-order valence-electron chi connectivity index (χ2n) is 9.98. The number of unbranched alkanes of at least 4 members (excludes halogenated alkanes) is 27. The topological polar surface area (TPSA) is 0 Å². The largest absolute Gasteiger partial charge is 0.0654 e. The molecule has 0 bridgehead atoms. The highest BCUT2D eigenvalue weighted by molar-refractivity contribution is 4.52. The van der Waals surface area contributed by atoms with Crippen LogP contribution in [-0.4, -0.2) is 0 Å². The molecule has 0 unspecified atom stereocenters. The van der Waals surface area contributed by atoms with E-state index in [1.165, 1.54) is 173 Å². The van der Waals surface area contributed by atoms with Gasteiger partial charge in [-0.15, -0.1) is 0 Å². The Hall–Kier alpha value is 0. The average molecular weight is 421 g/mol. The third kappa shape index (κ3) is 28.0. The molecule has 0 heteroatoms. The molecule has 0 aliphatic carbocycles. The van der Waals surface area contributed by atoms with Crippen molar-refractivity contribution >= 4 is 0 Å². The zero-order valence-corrected chi connectivity index (χ0v) is 21.4. The Bertz CT molecular complexity index is 241. The molecule has 2 radical (unpaired) electrons. The predicted octanol–water partition coefficient (Wildman–Crippen LogP) is 11.6. The summed E-state index contributed by atoms with van der Waals surface area (Å²) < 4.78 is 0. The summed E-state index contributed by atoms with van der Waals surface area (Å²) in [6.45, 7) is 7.83. The van der Waals surface area contributed by atoms with Gasteiger partial charge in [0.05, 0.1) is 0 Å². The van der Waals surface area contributed by atoms with Crippen molar-refractivity contribution in [2.75, 3.05) is 0 Å². The highest BCUT2D eigenvalue weighted by Gasteiger charge is 1.96. The van der Waals surface area contributed by atoms with Gasteiger partial charge in [-0.05, 0) is 13.3 Å². The summed E-state index contributed by atoms with van der Waals surface area (Å²) in [7, 11) is 0. The molecule has 0 fully saturated rings. The molecule has 0 spiro atoms. The van der Waals surface area contributed by atoms with Crippen molar-refractivity contribution in [1.29, 1.82) is 0 Å². The Labute approximate surface area is 193 Å². The molecule has 0 amide bonds. The monoisotopic (exact) mass is 420 g/mol. The minimum Gasteiger partial charge on any atom is -0.0654 e. The Morgan fingerprint density at radius 1 is 0.267 bits per heavy atom. The van der Waals surface area contributed by atoms with Gasteiger partial charge in [-0.25, -0.2) is 0 Å². The van der Waals surface area contributed by atoms with E-state index in [0.29, 0.717) is 0 Å². The van der Waals surface area contributed by atoms with Crippen molar-refractivity contribution in [3.63, 3.8) is 0 Å². The van der Waals surface area contributed by atoms with E-state index >= 15 is 0 Å². The minimum atomic E-state index is 0.874. The number of rotatable bonds is 27. The smallest absolute Gasteiger partial charge is 0.0352 e. The summed E-state index contributed by atoms with van der Waals surface area (Å²) in [5, 5.41) is 0. The Kier molecular flexibility index (Phi) is 29.0. The quantitative estimate of drug-likeness (QED) is 0.116. The molecule has 30 heavy (non-hydrogen) atoms. The van der Waals surface area contributed by atoms with Crippen molar-refractivity contribution in [1.82, 2.24) is 0 Å². The van der Waals surface area contributed by atoms with Crippen LogP contribution in [0.5, 0.6) is 0 Å². The number of hydrogen-bond donors (Lipinski definition) is 0. The highest BCUT2D eigenvalue weighted by atomic mass is 14.0. The fourth-order valence-electron chi connectivity index (χ4n) is 4.64. The molecule has 0 aromatic rings. The van der Waals surface area contributed by atoms with Crippen LogP contribution in [-0.2, 0) is 0 Å². The van der Waals surface area contributed by atoms with Crippen molar-refractivity contribution in [3.8, 4) is 0 Å². The Morgan fingerprint density at radius 3 is 0.600 bits per heavy atom. The van der Waals surface area contributed by atoms with E-state index in [4.69, 9.17) is 6.92 Å². The molecular weight excluding hydrogens is 360 g/mol. The van der Waals surface area contributed by atoms with E-state index in [-0.39, 0.29) is 0 Å². The van der Waals surface area contributed by atoms with Gasteiger partial charge in [0, 0.05) is 0 Å². The van der Waals surface area contributed by atoms with Gasteiger partial charge in [-0.1, -0.05) is 180 Å². The molecule has 0 saturated heterocycles. The SMILES string of the molecule is [CH]CCCCCCCCCCCCCCCCCCCCCCCCCCCCC. The molecule has 0 aliphatic heterocycles. The normalized spacial score (nSPS) is 11.4. The molecule has 0 aromatic carbocycles. The molecule has 0 saturated carbocycles. The van der Waals surface area contributed by atoms with E-state index in [0.717, 1.165) is 6.42 Å². The summed E-state index contributed by atoms with van der Waals surface area (Å²) >= 11 is 0. The molecule has 0 aromatic heterocycles. The lowest BCUT2D eigenvalue weighted by atomic mass is 10.0. The number of hydrogen-bond acceptors (Lipinski definition) is 0. The summed E-state index contributed by atoms with van der Waals surface area (Å²) in [6, 6.07) is 0. The van der Waals surface area contributed by atoms with E-state index in [1.807, 2.05) is 0 Å². The van der Waals surface area contributed by atoms with Gasteiger partial charge in [-0.2, -0.15) is 0 Å². The minimum absolute atomic E-state index is 0.874. The molecule has 0 N–H and O–H groups in total. The molecule has 0 nitrogen and oxygen atoms in total. The summed E-state index contributed by atoms with van der Waals surface area (Å²) in [5.74, 6) is 0. The van der Waals surface area contributed by atoms with Crippen LogP contribution >= 0.6 is 0 Å².